The van der Waals surface area contributed by atoms with Crippen LogP contribution >= 0.6 is 0 Å². The summed E-state index contributed by atoms with van der Waals surface area (Å²) in [5, 5.41) is 9.39. The molecule has 3 aliphatic heterocycles. The fraction of sp³-hybridized carbons (Fsp3) is 0.524. The summed E-state index contributed by atoms with van der Waals surface area (Å²) in [6.07, 6.45) is 3.97. The van der Waals surface area contributed by atoms with Gasteiger partial charge in [0.15, 0.2) is 0 Å². The van der Waals surface area contributed by atoms with Crippen LogP contribution in [0.5, 0.6) is 0 Å². The van der Waals surface area contributed by atoms with Gasteiger partial charge in [0.25, 0.3) is 11.8 Å². The van der Waals surface area contributed by atoms with Gasteiger partial charge in [0, 0.05) is 25.0 Å². The number of benzene rings is 1. The second-order valence-electron chi connectivity index (χ2n) is 8.42. The van der Waals surface area contributed by atoms with E-state index in [0.717, 1.165) is 29.3 Å². The number of fused-ring (bicyclic) bond motifs is 1. The van der Waals surface area contributed by atoms with Crippen LogP contribution in [0.3, 0.4) is 0 Å². The Morgan fingerprint density at radius 3 is 2.55 bits per heavy atom. The van der Waals surface area contributed by atoms with Crippen LogP contribution in [0.4, 0.5) is 0 Å². The van der Waals surface area contributed by atoms with E-state index in [1.165, 1.54) is 12.8 Å². The first-order valence-electron chi connectivity index (χ1n) is 10.3. The van der Waals surface area contributed by atoms with Gasteiger partial charge in [-0.2, -0.15) is 0 Å². The summed E-state index contributed by atoms with van der Waals surface area (Å²) >= 11 is 0. The number of hydrogen-bond acceptors (Lipinski definition) is 6. The lowest BCUT2D eigenvalue weighted by molar-refractivity contribution is -0.136. The topological polar surface area (TPSA) is 108 Å². The number of hydrogen-bond donors (Lipinski definition) is 3. The van der Waals surface area contributed by atoms with E-state index in [9.17, 15) is 19.2 Å². The maximum atomic E-state index is 12.9. The fourth-order valence-corrected chi connectivity index (χ4v) is 4.78. The molecule has 8 heteroatoms. The van der Waals surface area contributed by atoms with E-state index in [-0.39, 0.29) is 18.7 Å². The molecule has 0 radical (unpaired) electrons. The van der Waals surface area contributed by atoms with Gasteiger partial charge in [-0.3, -0.25) is 29.4 Å². The van der Waals surface area contributed by atoms with Crippen molar-refractivity contribution in [2.24, 2.45) is 5.92 Å². The lowest BCUT2D eigenvalue weighted by atomic mass is 10.0. The van der Waals surface area contributed by atoms with Crippen LogP contribution in [0.1, 0.15) is 58.4 Å². The summed E-state index contributed by atoms with van der Waals surface area (Å²) in [5.41, 5.74) is 1.60. The first-order chi connectivity index (χ1) is 14.0. The second kappa shape index (κ2) is 7.03. The van der Waals surface area contributed by atoms with Gasteiger partial charge in [-0.1, -0.05) is 6.07 Å². The maximum Gasteiger partial charge on any atom is 0.262 e. The molecule has 3 atom stereocenters. The Hall–Kier alpha value is -2.58. The van der Waals surface area contributed by atoms with Gasteiger partial charge < -0.3 is 10.6 Å². The number of nitrogens with one attached hydrogen (secondary N) is 3. The summed E-state index contributed by atoms with van der Waals surface area (Å²) in [7, 11) is 0. The van der Waals surface area contributed by atoms with E-state index >= 15 is 0 Å². The summed E-state index contributed by atoms with van der Waals surface area (Å²) in [6.45, 7) is 1.65. The predicted molar refractivity (Wildman–Crippen MR) is 103 cm³/mol. The van der Waals surface area contributed by atoms with Crippen molar-refractivity contribution in [3.63, 3.8) is 0 Å². The molecule has 29 heavy (non-hydrogen) atoms. The molecule has 3 fully saturated rings. The molecule has 1 aromatic carbocycles. The third-order valence-corrected chi connectivity index (χ3v) is 6.47. The highest BCUT2D eigenvalue weighted by Gasteiger charge is 2.44. The minimum absolute atomic E-state index is 0.122. The molecule has 0 bridgehead atoms. The molecule has 2 saturated heterocycles. The molecule has 1 unspecified atom stereocenters. The van der Waals surface area contributed by atoms with Crippen molar-refractivity contribution in [1.82, 2.24) is 20.9 Å². The fourth-order valence-electron chi connectivity index (χ4n) is 4.78. The largest absolute Gasteiger partial charge is 0.312 e. The number of amides is 4. The summed E-state index contributed by atoms with van der Waals surface area (Å²) < 4.78 is 0. The highest BCUT2D eigenvalue weighted by atomic mass is 16.2. The van der Waals surface area contributed by atoms with E-state index in [1.807, 2.05) is 6.07 Å². The minimum atomic E-state index is -0.925. The molecular formula is C21H24N4O4. The van der Waals surface area contributed by atoms with Gasteiger partial charge in [-0.05, 0) is 55.8 Å². The molecular weight excluding hydrogens is 372 g/mol. The van der Waals surface area contributed by atoms with E-state index in [4.69, 9.17) is 0 Å². The molecule has 1 saturated carbocycles. The van der Waals surface area contributed by atoms with Crippen LogP contribution in [0.15, 0.2) is 18.2 Å². The Bertz CT molecular complexity index is 910. The minimum Gasteiger partial charge on any atom is -0.312 e. The molecule has 152 valence electrons. The van der Waals surface area contributed by atoms with Crippen molar-refractivity contribution in [2.75, 3.05) is 6.54 Å². The average molecular weight is 396 g/mol. The van der Waals surface area contributed by atoms with Gasteiger partial charge >= 0.3 is 0 Å². The standard InChI is InChI=1S/C21H24N4O4/c26-17-6-5-16(19(27)24-17)25-20(28)13-4-1-11(9-14(13)21(25)29)10-23-15-7-8-22-18(15)12-2-3-12/h1,4,9,12,15-16,18,22-23H,2-3,5-8,10H2,(H,24,26,27)/t15-,16?,18+/m1/s1. The van der Waals surface area contributed by atoms with Crippen LogP contribution in [-0.2, 0) is 16.1 Å². The van der Waals surface area contributed by atoms with Crippen molar-refractivity contribution in [2.45, 2.75) is 56.8 Å². The highest BCUT2D eigenvalue weighted by molar-refractivity contribution is 6.23. The number of carbonyl (C=O) groups excluding carboxylic acids is 4. The zero-order valence-corrected chi connectivity index (χ0v) is 16.1. The molecule has 0 aromatic heterocycles. The molecule has 4 amide bonds. The van der Waals surface area contributed by atoms with Gasteiger partial charge in [-0.15, -0.1) is 0 Å². The number of carbonyl (C=O) groups is 4. The normalized spacial score (nSPS) is 29.4. The molecule has 1 aliphatic carbocycles. The molecule has 1 aromatic rings. The third-order valence-electron chi connectivity index (χ3n) is 6.47. The summed E-state index contributed by atoms with van der Waals surface area (Å²) in [4.78, 5) is 50.2. The van der Waals surface area contributed by atoms with Crippen LogP contribution in [-0.4, -0.2) is 53.2 Å². The van der Waals surface area contributed by atoms with E-state index in [0.29, 0.717) is 29.8 Å². The Balaban J connectivity index is 1.30. The van der Waals surface area contributed by atoms with E-state index in [1.54, 1.807) is 12.1 Å². The van der Waals surface area contributed by atoms with Crippen LogP contribution < -0.4 is 16.0 Å². The SMILES string of the molecule is O=C1CCC(N2C(=O)c3ccc(CN[C@@H]4CCN[C@H]4C4CC4)cc3C2=O)C(=O)N1. The molecule has 3 heterocycles. The monoisotopic (exact) mass is 396 g/mol. The van der Waals surface area contributed by atoms with Crippen molar-refractivity contribution >= 4 is 23.6 Å². The molecule has 3 N–H and O–H groups in total. The van der Waals surface area contributed by atoms with E-state index in [2.05, 4.69) is 16.0 Å². The van der Waals surface area contributed by atoms with Crippen molar-refractivity contribution in [3.8, 4) is 0 Å². The first-order valence-corrected chi connectivity index (χ1v) is 10.3. The summed E-state index contributed by atoms with van der Waals surface area (Å²) in [6, 6.07) is 5.31. The Labute approximate surface area is 168 Å². The predicted octanol–water partition coefficient (Wildman–Crippen LogP) is 0.318. The van der Waals surface area contributed by atoms with Gasteiger partial charge in [0.2, 0.25) is 11.8 Å². The molecule has 0 spiro atoms. The number of imide groups is 2. The number of nitrogens with zero attached hydrogens (tertiary/aromatic N) is 1. The van der Waals surface area contributed by atoms with Crippen molar-refractivity contribution < 1.29 is 19.2 Å². The Morgan fingerprint density at radius 2 is 1.79 bits per heavy atom. The Kier molecular flexibility index (Phi) is 4.48. The quantitative estimate of drug-likeness (QED) is 0.619. The smallest absolute Gasteiger partial charge is 0.262 e. The third kappa shape index (κ3) is 3.26. The lowest BCUT2D eigenvalue weighted by Gasteiger charge is -2.27. The molecule has 8 nitrogen and oxygen atoms in total. The second-order valence-corrected chi connectivity index (χ2v) is 8.42. The zero-order valence-electron chi connectivity index (χ0n) is 16.1. The number of piperidine rings is 1. The van der Waals surface area contributed by atoms with Gasteiger partial charge in [0.1, 0.15) is 6.04 Å². The van der Waals surface area contributed by atoms with Gasteiger partial charge in [-0.25, -0.2) is 0 Å². The number of rotatable bonds is 5. The summed E-state index contributed by atoms with van der Waals surface area (Å²) in [5.74, 6) is -1.11. The zero-order chi connectivity index (χ0) is 20.1. The van der Waals surface area contributed by atoms with Gasteiger partial charge in [0.05, 0.1) is 11.1 Å². The van der Waals surface area contributed by atoms with Crippen LogP contribution in [0.25, 0.3) is 0 Å². The molecule has 5 rings (SSSR count). The van der Waals surface area contributed by atoms with E-state index < -0.39 is 23.8 Å². The molecule has 4 aliphatic rings. The lowest BCUT2D eigenvalue weighted by Crippen LogP contribution is -2.54. The van der Waals surface area contributed by atoms with Crippen molar-refractivity contribution in [3.05, 3.63) is 34.9 Å². The Morgan fingerprint density at radius 1 is 1.00 bits per heavy atom. The van der Waals surface area contributed by atoms with Crippen LogP contribution in [0, 0.1) is 5.92 Å². The van der Waals surface area contributed by atoms with Crippen LogP contribution in [0.2, 0.25) is 0 Å². The van der Waals surface area contributed by atoms with Crippen molar-refractivity contribution in [1.29, 1.82) is 0 Å². The maximum absolute atomic E-state index is 12.9. The average Bonchev–Trinajstić information content (AvgIpc) is 3.39. The highest BCUT2D eigenvalue weighted by Crippen LogP contribution is 2.36. The first kappa shape index (κ1) is 18.4.